The third-order valence-corrected chi connectivity index (χ3v) is 8.69. The molecule has 2 heterocycles. The number of carbonyl (C=O) groups is 1. The lowest BCUT2D eigenvalue weighted by molar-refractivity contribution is 0.0606. The van der Waals surface area contributed by atoms with Gasteiger partial charge in [0.25, 0.3) is 0 Å². The molecule has 1 aliphatic heterocycles. The molecule has 0 saturated carbocycles. The van der Waals surface area contributed by atoms with Crippen LogP contribution in [0.25, 0.3) is 10.1 Å². The zero-order chi connectivity index (χ0) is 23.6. The Morgan fingerprint density at radius 1 is 1.15 bits per heavy atom. The highest BCUT2D eigenvalue weighted by Gasteiger charge is 2.26. The van der Waals surface area contributed by atoms with Gasteiger partial charge in [-0.05, 0) is 48.6 Å². The number of fused-ring (bicyclic) bond motifs is 1. The van der Waals surface area contributed by atoms with Crippen molar-refractivity contribution in [3.63, 3.8) is 0 Å². The lowest BCUT2D eigenvalue weighted by atomic mass is 10.2. The van der Waals surface area contributed by atoms with Gasteiger partial charge in [0, 0.05) is 34.6 Å². The summed E-state index contributed by atoms with van der Waals surface area (Å²) in [6.45, 7) is 1.41. The first kappa shape index (κ1) is 23.9. The lowest BCUT2D eigenvalue weighted by Crippen LogP contribution is -2.40. The summed E-state index contributed by atoms with van der Waals surface area (Å²) in [5.41, 5.74) is 1.22. The van der Waals surface area contributed by atoms with Crippen LogP contribution >= 0.6 is 35.2 Å². The number of ether oxygens (including phenoxy) is 2. The molecule has 3 aromatic rings. The van der Waals surface area contributed by atoms with E-state index in [1.165, 1.54) is 22.8 Å². The molecule has 174 valence electrons. The average molecular weight is 526 g/mol. The van der Waals surface area contributed by atoms with E-state index >= 15 is 0 Å². The van der Waals surface area contributed by atoms with Crippen molar-refractivity contribution in [2.24, 2.45) is 0 Å². The average Bonchev–Trinajstić information content (AvgIpc) is 3.15. The maximum absolute atomic E-state index is 12.9. The van der Waals surface area contributed by atoms with Crippen LogP contribution in [0.15, 0.2) is 47.4 Å². The third-order valence-electron chi connectivity index (χ3n) is 4.96. The van der Waals surface area contributed by atoms with Crippen molar-refractivity contribution in [3.8, 4) is 0 Å². The van der Waals surface area contributed by atoms with Crippen LogP contribution in [0.2, 0.25) is 5.02 Å². The SMILES string of the molecule is COC(=O)c1sc2cc(NC(=S)Nc3cccc(S(=O)(=O)N4CCOCC4)c3)ccc2c1Cl. The fourth-order valence-corrected chi connectivity index (χ4v) is 6.49. The lowest BCUT2D eigenvalue weighted by Gasteiger charge is -2.26. The fraction of sp³-hybridized carbons (Fsp3) is 0.238. The molecule has 12 heteroatoms. The minimum atomic E-state index is -3.61. The highest BCUT2D eigenvalue weighted by atomic mass is 35.5. The van der Waals surface area contributed by atoms with E-state index in [0.29, 0.717) is 47.6 Å². The highest BCUT2D eigenvalue weighted by molar-refractivity contribution is 7.89. The summed E-state index contributed by atoms with van der Waals surface area (Å²) in [7, 11) is -2.31. The Kier molecular flexibility index (Phi) is 7.17. The number of methoxy groups -OCH3 is 1. The zero-order valence-electron chi connectivity index (χ0n) is 17.5. The molecule has 0 bridgehead atoms. The summed E-state index contributed by atoms with van der Waals surface area (Å²) >= 11 is 12.9. The largest absolute Gasteiger partial charge is 0.465 e. The first-order chi connectivity index (χ1) is 15.8. The molecular formula is C21H20ClN3O5S3. The first-order valence-corrected chi connectivity index (χ1v) is 12.9. The van der Waals surface area contributed by atoms with E-state index in [4.69, 9.17) is 33.3 Å². The van der Waals surface area contributed by atoms with Crippen LogP contribution in [0.3, 0.4) is 0 Å². The molecule has 1 aliphatic rings. The Bertz CT molecular complexity index is 1320. The van der Waals surface area contributed by atoms with E-state index in [9.17, 15) is 13.2 Å². The van der Waals surface area contributed by atoms with E-state index in [1.807, 2.05) is 6.07 Å². The van der Waals surface area contributed by atoms with E-state index in [-0.39, 0.29) is 10.0 Å². The second kappa shape index (κ2) is 9.92. The van der Waals surface area contributed by atoms with Crippen molar-refractivity contribution in [1.82, 2.24) is 4.31 Å². The number of nitrogens with zero attached hydrogens (tertiary/aromatic N) is 1. The second-order valence-electron chi connectivity index (χ2n) is 7.07. The van der Waals surface area contributed by atoms with Gasteiger partial charge in [0.05, 0.1) is 30.2 Å². The molecule has 0 radical (unpaired) electrons. The number of carbonyl (C=O) groups excluding carboxylic acids is 1. The highest BCUT2D eigenvalue weighted by Crippen LogP contribution is 2.37. The van der Waals surface area contributed by atoms with Crippen LogP contribution in [0.4, 0.5) is 11.4 Å². The molecule has 2 aromatic carbocycles. The van der Waals surface area contributed by atoms with Gasteiger partial charge in [-0.2, -0.15) is 4.31 Å². The predicted octanol–water partition coefficient (Wildman–Crippen LogP) is 4.17. The molecule has 0 atom stereocenters. The van der Waals surface area contributed by atoms with Crippen LogP contribution < -0.4 is 10.6 Å². The van der Waals surface area contributed by atoms with E-state index in [1.54, 1.807) is 36.4 Å². The van der Waals surface area contributed by atoms with Crippen LogP contribution in [-0.2, 0) is 19.5 Å². The Morgan fingerprint density at radius 2 is 1.85 bits per heavy atom. The van der Waals surface area contributed by atoms with E-state index in [0.717, 1.165) is 10.1 Å². The smallest absolute Gasteiger partial charge is 0.349 e. The van der Waals surface area contributed by atoms with Crippen molar-refractivity contribution in [2.75, 3.05) is 44.0 Å². The summed E-state index contributed by atoms with van der Waals surface area (Å²) in [4.78, 5) is 12.4. The summed E-state index contributed by atoms with van der Waals surface area (Å²) in [5, 5.41) is 7.46. The van der Waals surface area contributed by atoms with Gasteiger partial charge >= 0.3 is 5.97 Å². The number of morpholine rings is 1. The van der Waals surface area contributed by atoms with Crippen molar-refractivity contribution in [1.29, 1.82) is 0 Å². The Morgan fingerprint density at radius 3 is 2.55 bits per heavy atom. The van der Waals surface area contributed by atoms with E-state index < -0.39 is 16.0 Å². The predicted molar refractivity (Wildman–Crippen MR) is 134 cm³/mol. The topological polar surface area (TPSA) is 97.0 Å². The molecule has 33 heavy (non-hydrogen) atoms. The van der Waals surface area contributed by atoms with Crippen molar-refractivity contribution in [2.45, 2.75) is 4.90 Å². The number of rotatable bonds is 5. The number of sulfonamides is 1. The number of nitrogens with one attached hydrogen (secondary N) is 2. The van der Waals surface area contributed by atoms with Crippen molar-refractivity contribution in [3.05, 3.63) is 52.4 Å². The van der Waals surface area contributed by atoms with Crippen molar-refractivity contribution < 1.29 is 22.7 Å². The van der Waals surface area contributed by atoms with Gasteiger partial charge in [-0.3, -0.25) is 0 Å². The number of benzene rings is 2. The fourth-order valence-electron chi connectivity index (χ4n) is 3.33. The second-order valence-corrected chi connectivity index (χ2v) is 10.8. The molecule has 1 saturated heterocycles. The quantitative estimate of drug-likeness (QED) is 0.378. The molecule has 1 fully saturated rings. The zero-order valence-corrected chi connectivity index (χ0v) is 20.7. The molecule has 0 amide bonds. The molecule has 8 nitrogen and oxygen atoms in total. The van der Waals surface area contributed by atoms with Crippen LogP contribution in [0, 0.1) is 0 Å². The van der Waals surface area contributed by atoms with Gasteiger partial charge < -0.3 is 20.1 Å². The number of hydrogen-bond donors (Lipinski definition) is 2. The molecule has 2 N–H and O–H groups in total. The number of thiophene rings is 1. The molecule has 4 rings (SSSR count). The summed E-state index contributed by atoms with van der Waals surface area (Å²) in [6.07, 6.45) is 0. The normalized spacial score (nSPS) is 14.7. The number of hydrogen-bond acceptors (Lipinski definition) is 7. The van der Waals surface area contributed by atoms with Gasteiger partial charge in [0.1, 0.15) is 4.88 Å². The minimum absolute atomic E-state index is 0.183. The van der Waals surface area contributed by atoms with Gasteiger partial charge in [-0.1, -0.05) is 17.7 Å². The standard InChI is InChI=1S/C21H20ClN3O5S3/c1-29-20(26)19-18(22)16-6-5-14(12-17(16)32-19)24-21(31)23-13-3-2-4-15(11-13)33(27,28)25-7-9-30-10-8-25/h2-6,11-12H,7-10H2,1H3,(H2,23,24,31). The molecule has 0 aliphatic carbocycles. The molecular weight excluding hydrogens is 506 g/mol. The Hall–Kier alpha value is -2.28. The number of thiocarbonyl (C=S) groups is 1. The summed E-state index contributed by atoms with van der Waals surface area (Å²) in [5.74, 6) is -0.486. The monoisotopic (exact) mass is 525 g/mol. The van der Waals surface area contributed by atoms with Gasteiger partial charge in [-0.15, -0.1) is 11.3 Å². The van der Waals surface area contributed by atoms with Gasteiger partial charge in [0.15, 0.2) is 5.11 Å². The Labute approximate surface area is 205 Å². The molecule has 0 spiro atoms. The van der Waals surface area contributed by atoms with Crippen LogP contribution in [0.5, 0.6) is 0 Å². The number of esters is 1. The van der Waals surface area contributed by atoms with Crippen LogP contribution in [0.1, 0.15) is 9.67 Å². The van der Waals surface area contributed by atoms with Crippen LogP contribution in [-0.4, -0.2) is 57.2 Å². The maximum Gasteiger partial charge on any atom is 0.349 e. The third kappa shape index (κ3) is 5.13. The Balaban J connectivity index is 1.48. The minimum Gasteiger partial charge on any atom is -0.465 e. The summed E-state index contributed by atoms with van der Waals surface area (Å²) < 4.78 is 38.0. The van der Waals surface area contributed by atoms with E-state index in [2.05, 4.69) is 10.6 Å². The first-order valence-electron chi connectivity index (χ1n) is 9.86. The molecule has 0 unspecified atom stereocenters. The number of anilines is 2. The van der Waals surface area contributed by atoms with Gasteiger partial charge in [0.2, 0.25) is 10.0 Å². The maximum atomic E-state index is 12.9. The molecule has 1 aromatic heterocycles. The summed E-state index contributed by atoms with van der Waals surface area (Å²) in [6, 6.07) is 11.9. The van der Waals surface area contributed by atoms with Gasteiger partial charge in [-0.25, -0.2) is 13.2 Å². The van der Waals surface area contributed by atoms with Crippen molar-refractivity contribution >= 4 is 77.7 Å². The number of halogens is 1.